The smallest absolute Gasteiger partial charge is 0.356 e. The van der Waals surface area contributed by atoms with Crippen LogP contribution in [0.25, 0.3) is 0 Å². The Labute approximate surface area is 70.1 Å². The van der Waals surface area contributed by atoms with Crippen molar-refractivity contribution in [3.8, 4) is 0 Å². The number of alkyl halides is 1. The van der Waals surface area contributed by atoms with E-state index in [-0.39, 0.29) is 0 Å². The van der Waals surface area contributed by atoms with Gasteiger partial charge in [0, 0.05) is 20.9 Å². The second-order valence-corrected chi connectivity index (χ2v) is 3.07. The van der Waals surface area contributed by atoms with Crippen molar-refractivity contribution in [1.29, 1.82) is 0 Å². The topological polar surface area (TPSA) is 101 Å². The van der Waals surface area contributed by atoms with Crippen LogP contribution in [0, 0.1) is 10.1 Å². The summed E-state index contributed by atoms with van der Waals surface area (Å²) in [4.78, 5) is 19.7. The van der Waals surface area contributed by atoms with Gasteiger partial charge >= 0.3 is 4.45 Å². The van der Waals surface area contributed by atoms with Gasteiger partial charge in [-0.2, -0.15) is 0 Å². The fourth-order valence-corrected chi connectivity index (χ4v) is 0.494. The van der Waals surface area contributed by atoms with Crippen LogP contribution >= 0.6 is 15.9 Å². The van der Waals surface area contributed by atoms with Gasteiger partial charge in [-0.3, -0.25) is 14.9 Å². The Hall–Kier alpha value is -0.530. The maximum atomic E-state index is 10.6. The molecule has 0 aliphatic heterocycles. The monoisotopic (exact) mass is 227 g/mol. The Kier molecular flexibility index (Phi) is 3.56. The van der Waals surface area contributed by atoms with Crippen molar-refractivity contribution in [1.82, 2.24) is 0 Å². The van der Waals surface area contributed by atoms with Gasteiger partial charge in [-0.25, -0.2) is 0 Å². The molecule has 0 aromatic carbocycles. The Morgan fingerprint density at radius 2 is 2.09 bits per heavy atom. The van der Waals surface area contributed by atoms with Gasteiger partial charge in [0.1, 0.15) is 13.2 Å². The molecule has 0 aromatic heterocycles. The predicted molar refractivity (Wildman–Crippen MR) is 37.8 cm³/mol. The zero-order valence-electron chi connectivity index (χ0n) is 5.36. The Morgan fingerprint density at radius 3 is 2.18 bits per heavy atom. The minimum absolute atomic E-state index is 0.979. The number of carbonyl (C=O) groups excluding carboxylic acids is 1. The molecule has 0 aromatic rings. The number of aliphatic hydroxyl groups is 2. The number of halogens is 1. The second kappa shape index (κ2) is 3.74. The van der Waals surface area contributed by atoms with Gasteiger partial charge in [0.2, 0.25) is 5.78 Å². The molecule has 11 heavy (non-hydrogen) atoms. The highest BCUT2D eigenvalue weighted by atomic mass is 79.9. The molecule has 0 rings (SSSR count). The van der Waals surface area contributed by atoms with Crippen molar-refractivity contribution in [2.24, 2.45) is 0 Å². The van der Waals surface area contributed by atoms with Gasteiger partial charge in [-0.1, -0.05) is 0 Å². The standard InChI is InChI=1S/C4H6BrNO5/c5-4(2-8,6(10)11)3(9)1-7/h7-8H,1-2H2. The van der Waals surface area contributed by atoms with E-state index in [0.29, 0.717) is 0 Å². The molecule has 1 unspecified atom stereocenters. The van der Waals surface area contributed by atoms with Gasteiger partial charge < -0.3 is 10.2 Å². The van der Waals surface area contributed by atoms with E-state index in [9.17, 15) is 14.9 Å². The first-order valence-corrected chi connectivity index (χ1v) is 3.36. The van der Waals surface area contributed by atoms with E-state index in [1.54, 1.807) is 0 Å². The molecule has 7 heteroatoms. The number of aliphatic hydroxyl groups excluding tert-OH is 2. The molecule has 2 N–H and O–H groups in total. The molecule has 0 spiro atoms. The average Bonchev–Trinajstić information content (AvgIpc) is 2.01. The summed E-state index contributed by atoms with van der Waals surface area (Å²) in [6.45, 7) is -1.97. The van der Waals surface area contributed by atoms with Crippen LogP contribution < -0.4 is 0 Å². The first kappa shape index (κ1) is 10.5. The third kappa shape index (κ3) is 1.95. The first-order chi connectivity index (χ1) is 4.99. The van der Waals surface area contributed by atoms with Gasteiger partial charge in [-0.15, -0.1) is 0 Å². The fraction of sp³-hybridized carbons (Fsp3) is 0.750. The molecule has 0 aliphatic rings. The molecular weight excluding hydrogens is 222 g/mol. The van der Waals surface area contributed by atoms with Crippen molar-refractivity contribution >= 4 is 21.7 Å². The molecular formula is C4H6BrNO5. The summed E-state index contributed by atoms with van der Waals surface area (Å²) in [6, 6.07) is 0. The number of rotatable bonds is 4. The summed E-state index contributed by atoms with van der Waals surface area (Å²) in [7, 11) is 0. The van der Waals surface area contributed by atoms with Gasteiger partial charge in [-0.05, 0) is 0 Å². The van der Waals surface area contributed by atoms with E-state index < -0.39 is 28.4 Å². The lowest BCUT2D eigenvalue weighted by Gasteiger charge is -2.12. The number of hydrogen-bond acceptors (Lipinski definition) is 5. The molecule has 0 bridgehead atoms. The van der Waals surface area contributed by atoms with E-state index in [2.05, 4.69) is 15.9 Å². The van der Waals surface area contributed by atoms with Crippen molar-refractivity contribution < 1.29 is 19.9 Å². The quantitative estimate of drug-likeness (QED) is 0.275. The summed E-state index contributed by atoms with van der Waals surface area (Å²) in [5, 5.41) is 26.8. The Morgan fingerprint density at radius 1 is 1.64 bits per heavy atom. The Balaban J connectivity index is 4.59. The summed E-state index contributed by atoms with van der Waals surface area (Å²) in [5.74, 6) is -1.08. The molecule has 0 fully saturated rings. The van der Waals surface area contributed by atoms with Crippen molar-refractivity contribution in [2.45, 2.75) is 4.45 Å². The largest absolute Gasteiger partial charge is 0.388 e. The normalized spacial score (nSPS) is 15.5. The SMILES string of the molecule is O=C(CO)C(Br)(CO)[N+](=O)[O-]. The van der Waals surface area contributed by atoms with Crippen LogP contribution in [0.3, 0.4) is 0 Å². The third-order valence-electron chi connectivity index (χ3n) is 1.07. The lowest BCUT2D eigenvalue weighted by molar-refractivity contribution is -0.522. The Bertz CT molecular complexity index is 183. The van der Waals surface area contributed by atoms with E-state index in [1.165, 1.54) is 0 Å². The molecule has 0 radical (unpaired) electrons. The van der Waals surface area contributed by atoms with Crippen LogP contribution in [0.5, 0.6) is 0 Å². The highest BCUT2D eigenvalue weighted by Crippen LogP contribution is 2.18. The zero-order valence-corrected chi connectivity index (χ0v) is 6.94. The van der Waals surface area contributed by atoms with Gasteiger partial charge in [0.05, 0.1) is 0 Å². The predicted octanol–water partition coefficient (Wildman–Crippen LogP) is -1.09. The summed E-state index contributed by atoms with van der Waals surface area (Å²) >= 11 is 2.42. The van der Waals surface area contributed by atoms with E-state index >= 15 is 0 Å². The van der Waals surface area contributed by atoms with E-state index in [1.807, 2.05) is 0 Å². The highest BCUT2D eigenvalue weighted by Gasteiger charge is 2.46. The van der Waals surface area contributed by atoms with Crippen LogP contribution in [0.2, 0.25) is 0 Å². The molecule has 0 aliphatic carbocycles. The summed E-state index contributed by atoms with van der Waals surface area (Å²) < 4.78 is -2.25. The molecule has 0 saturated heterocycles. The van der Waals surface area contributed by atoms with Crippen LogP contribution in [-0.2, 0) is 4.79 Å². The van der Waals surface area contributed by atoms with Crippen LogP contribution in [0.4, 0.5) is 0 Å². The zero-order chi connectivity index (χ0) is 9.07. The molecule has 0 saturated carbocycles. The number of Topliss-reactive ketones (excluding diaryl/α,β-unsaturated/α-hetero) is 1. The van der Waals surface area contributed by atoms with Crippen molar-refractivity contribution in [2.75, 3.05) is 13.2 Å². The minimum atomic E-state index is -2.25. The maximum absolute atomic E-state index is 10.6. The van der Waals surface area contributed by atoms with Gasteiger partial charge in [0.25, 0.3) is 0 Å². The van der Waals surface area contributed by atoms with Crippen LogP contribution in [0.1, 0.15) is 0 Å². The summed E-state index contributed by atoms with van der Waals surface area (Å²) in [5.41, 5.74) is 0. The van der Waals surface area contributed by atoms with E-state index in [0.717, 1.165) is 0 Å². The molecule has 0 heterocycles. The average molecular weight is 228 g/mol. The molecule has 6 nitrogen and oxygen atoms in total. The minimum Gasteiger partial charge on any atom is -0.388 e. The lowest BCUT2D eigenvalue weighted by Crippen LogP contribution is -2.45. The third-order valence-corrected chi connectivity index (χ3v) is 2.05. The maximum Gasteiger partial charge on any atom is 0.356 e. The number of nitrogens with zero attached hydrogens (tertiary/aromatic N) is 1. The number of carbonyl (C=O) groups is 1. The van der Waals surface area contributed by atoms with Crippen LogP contribution in [-0.4, -0.2) is 38.6 Å². The molecule has 1 atom stereocenters. The lowest BCUT2D eigenvalue weighted by atomic mass is 10.2. The summed E-state index contributed by atoms with van der Waals surface area (Å²) in [6.07, 6.45) is 0. The van der Waals surface area contributed by atoms with Crippen molar-refractivity contribution in [3.05, 3.63) is 10.1 Å². The number of nitro groups is 1. The molecule has 64 valence electrons. The van der Waals surface area contributed by atoms with E-state index in [4.69, 9.17) is 10.2 Å². The second-order valence-electron chi connectivity index (χ2n) is 1.76. The highest BCUT2D eigenvalue weighted by molar-refractivity contribution is 9.10. The van der Waals surface area contributed by atoms with Crippen molar-refractivity contribution in [3.63, 3.8) is 0 Å². The van der Waals surface area contributed by atoms with Gasteiger partial charge in [0.15, 0.2) is 0 Å². The fourth-order valence-electron chi connectivity index (χ4n) is 0.369. The first-order valence-electron chi connectivity index (χ1n) is 2.57. The molecule has 0 amide bonds. The number of hydrogen-bond donors (Lipinski definition) is 2. The van der Waals surface area contributed by atoms with Crippen LogP contribution in [0.15, 0.2) is 0 Å². The number of ketones is 1.